The van der Waals surface area contributed by atoms with E-state index in [4.69, 9.17) is 23.2 Å². The smallest absolute Gasteiger partial charge is 0.343 e. The van der Waals surface area contributed by atoms with Gasteiger partial charge in [0.1, 0.15) is 6.20 Å². The molecule has 0 saturated heterocycles. The highest BCUT2D eigenvalue weighted by atomic mass is 35.5. The standard InChI is InChI=1S/C15H14Cl2N6O2S/c1-9-18-6-14(23(24)25)22(9)7-13-19-20-15(21(13)2)26-8-10-11(16)4-3-5-12(10)17/h3-6H,7-8H2,1-2H3. The number of benzene rings is 1. The van der Waals surface area contributed by atoms with Crippen molar-refractivity contribution in [2.45, 2.75) is 24.4 Å². The fraction of sp³-hybridized carbons (Fsp3) is 0.267. The molecule has 0 aliphatic heterocycles. The highest BCUT2D eigenvalue weighted by Crippen LogP contribution is 2.31. The van der Waals surface area contributed by atoms with E-state index in [0.717, 1.165) is 5.56 Å². The van der Waals surface area contributed by atoms with Crippen LogP contribution in [-0.2, 0) is 19.3 Å². The van der Waals surface area contributed by atoms with Gasteiger partial charge in [0.25, 0.3) is 0 Å². The van der Waals surface area contributed by atoms with Gasteiger partial charge in [0.2, 0.25) is 0 Å². The van der Waals surface area contributed by atoms with Crippen molar-refractivity contribution >= 4 is 40.8 Å². The molecule has 0 spiro atoms. The van der Waals surface area contributed by atoms with Crippen LogP contribution in [0.15, 0.2) is 29.6 Å². The summed E-state index contributed by atoms with van der Waals surface area (Å²) in [4.78, 5) is 14.6. The second kappa shape index (κ2) is 7.65. The van der Waals surface area contributed by atoms with E-state index in [1.807, 2.05) is 7.05 Å². The van der Waals surface area contributed by atoms with Crippen LogP contribution < -0.4 is 0 Å². The molecule has 2 heterocycles. The first kappa shape index (κ1) is 18.7. The molecule has 0 fully saturated rings. The monoisotopic (exact) mass is 412 g/mol. The van der Waals surface area contributed by atoms with Gasteiger partial charge in [-0.25, -0.2) is 9.55 Å². The van der Waals surface area contributed by atoms with Crippen LogP contribution in [0, 0.1) is 17.0 Å². The zero-order valence-corrected chi connectivity index (χ0v) is 16.2. The third-order valence-corrected chi connectivity index (χ3v) is 5.61. The Hall–Kier alpha value is -2.10. The largest absolute Gasteiger partial charge is 0.358 e. The second-order valence-corrected chi connectivity index (χ2v) is 7.21. The second-order valence-electron chi connectivity index (χ2n) is 5.45. The van der Waals surface area contributed by atoms with Gasteiger partial charge in [-0.05, 0) is 22.6 Å². The van der Waals surface area contributed by atoms with Crippen molar-refractivity contribution in [1.29, 1.82) is 0 Å². The topological polar surface area (TPSA) is 91.7 Å². The fourth-order valence-electron chi connectivity index (χ4n) is 2.35. The van der Waals surface area contributed by atoms with Crippen molar-refractivity contribution in [3.8, 4) is 0 Å². The van der Waals surface area contributed by atoms with Gasteiger partial charge in [-0.3, -0.25) is 0 Å². The summed E-state index contributed by atoms with van der Waals surface area (Å²) in [5.41, 5.74) is 0.825. The van der Waals surface area contributed by atoms with Crippen LogP contribution >= 0.6 is 35.0 Å². The maximum absolute atomic E-state index is 11.1. The van der Waals surface area contributed by atoms with Gasteiger partial charge in [-0.15, -0.1) is 10.2 Å². The molecule has 0 aliphatic rings. The lowest BCUT2D eigenvalue weighted by molar-refractivity contribution is -0.392. The number of halogens is 2. The van der Waals surface area contributed by atoms with Crippen LogP contribution in [0.5, 0.6) is 0 Å². The first-order chi connectivity index (χ1) is 12.4. The minimum absolute atomic E-state index is 0.0810. The van der Waals surface area contributed by atoms with Crippen molar-refractivity contribution in [1.82, 2.24) is 24.3 Å². The minimum Gasteiger partial charge on any atom is -0.358 e. The third-order valence-electron chi connectivity index (χ3n) is 3.85. The minimum atomic E-state index is -0.467. The maximum Gasteiger partial charge on any atom is 0.343 e. The van der Waals surface area contributed by atoms with Crippen LogP contribution in [0.1, 0.15) is 17.2 Å². The van der Waals surface area contributed by atoms with Crippen LogP contribution in [-0.4, -0.2) is 29.2 Å². The first-order valence-electron chi connectivity index (χ1n) is 7.49. The molecule has 0 bridgehead atoms. The van der Waals surface area contributed by atoms with Crippen LogP contribution in [0.4, 0.5) is 5.82 Å². The van der Waals surface area contributed by atoms with E-state index in [1.54, 1.807) is 29.7 Å². The van der Waals surface area contributed by atoms with Gasteiger partial charge < -0.3 is 14.7 Å². The molecule has 26 heavy (non-hydrogen) atoms. The third kappa shape index (κ3) is 3.69. The van der Waals surface area contributed by atoms with Crippen molar-refractivity contribution in [3.63, 3.8) is 0 Å². The molecule has 0 aliphatic carbocycles. The molecule has 3 rings (SSSR count). The zero-order chi connectivity index (χ0) is 18.8. The molecular formula is C15H14Cl2N6O2S. The van der Waals surface area contributed by atoms with Gasteiger partial charge in [0.15, 0.2) is 23.4 Å². The molecule has 1 aromatic carbocycles. The van der Waals surface area contributed by atoms with Crippen LogP contribution in [0.2, 0.25) is 10.0 Å². The number of imidazole rings is 1. The molecule has 0 unspecified atom stereocenters. The summed E-state index contributed by atoms with van der Waals surface area (Å²) in [6.07, 6.45) is 1.24. The van der Waals surface area contributed by atoms with E-state index in [2.05, 4.69) is 15.2 Å². The molecule has 2 aromatic heterocycles. The van der Waals surface area contributed by atoms with E-state index < -0.39 is 4.92 Å². The molecule has 0 saturated carbocycles. The molecule has 0 N–H and O–H groups in total. The van der Waals surface area contributed by atoms with Crippen molar-refractivity contribution in [2.75, 3.05) is 0 Å². The summed E-state index contributed by atoms with van der Waals surface area (Å²) < 4.78 is 3.28. The Labute approximate surface area is 163 Å². The lowest BCUT2D eigenvalue weighted by atomic mass is 10.2. The molecule has 11 heteroatoms. The normalized spacial score (nSPS) is 11.1. The number of hydrogen-bond acceptors (Lipinski definition) is 6. The summed E-state index contributed by atoms with van der Waals surface area (Å²) >= 11 is 13.8. The number of hydrogen-bond donors (Lipinski definition) is 0. The summed E-state index contributed by atoms with van der Waals surface area (Å²) in [6.45, 7) is 1.91. The average molecular weight is 413 g/mol. The van der Waals surface area contributed by atoms with Gasteiger partial charge in [-0.2, -0.15) is 0 Å². The van der Waals surface area contributed by atoms with Crippen molar-refractivity contribution < 1.29 is 4.92 Å². The highest BCUT2D eigenvalue weighted by Gasteiger charge is 2.21. The number of thioether (sulfide) groups is 1. The molecule has 0 atom stereocenters. The Bertz CT molecular complexity index is 951. The molecule has 0 radical (unpaired) electrons. The van der Waals surface area contributed by atoms with Gasteiger partial charge in [0, 0.05) is 29.8 Å². The Morgan fingerprint density at radius 2 is 1.96 bits per heavy atom. The predicted octanol–water partition coefficient (Wildman–Crippen LogP) is 3.88. The molecule has 3 aromatic rings. The SMILES string of the molecule is Cc1ncc([N+](=O)[O-])n1Cc1nnc(SCc2c(Cl)cccc2Cl)n1C. The van der Waals surface area contributed by atoms with Gasteiger partial charge in [-0.1, -0.05) is 41.0 Å². The quantitative estimate of drug-likeness (QED) is 0.346. The van der Waals surface area contributed by atoms with Crippen LogP contribution in [0.3, 0.4) is 0 Å². The highest BCUT2D eigenvalue weighted by molar-refractivity contribution is 7.98. The predicted molar refractivity (Wildman–Crippen MR) is 99.7 cm³/mol. The summed E-state index contributed by atoms with van der Waals surface area (Å²) in [5, 5.41) is 21.3. The number of aryl methyl sites for hydroxylation is 1. The van der Waals surface area contributed by atoms with Crippen LogP contribution in [0.25, 0.3) is 0 Å². The van der Waals surface area contributed by atoms with E-state index in [0.29, 0.717) is 32.6 Å². The number of nitro groups is 1. The average Bonchev–Trinajstić information content (AvgIpc) is 3.12. The van der Waals surface area contributed by atoms with Gasteiger partial charge in [0.05, 0.1) is 0 Å². The number of aromatic nitrogens is 5. The maximum atomic E-state index is 11.1. The molecular weight excluding hydrogens is 399 g/mol. The van der Waals surface area contributed by atoms with Crippen molar-refractivity contribution in [3.05, 3.63) is 61.8 Å². The van der Waals surface area contributed by atoms with E-state index in [1.165, 1.54) is 22.5 Å². The Balaban J connectivity index is 1.79. The Morgan fingerprint density at radius 1 is 1.27 bits per heavy atom. The Kier molecular flexibility index (Phi) is 5.49. The molecule has 136 valence electrons. The fourth-order valence-corrected chi connectivity index (χ4v) is 4.03. The van der Waals surface area contributed by atoms with E-state index in [9.17, 15) is 10.1 Å². The van der Waals surface area contributed by atoms with E-state index in [-0.39, 0.29) is 12.4 Å². The number of nitrogens with zero attached hydrogens (tertiary/aromatic N) is 6. The zero-order valence-electron chi connectivity index (χ0n) is 13.9. The Morgan fingerprint density at radius 3 is 2.62 bits per heavy atom. The molecule has 0 amide bonds. The van der Waals surface area contributed by atoms with Crippen molar-refractivity contribution in [2.24, 2.45) is 7.05 Å². The lowest BCUT2D eigenvalue weighted by Crippen LogP contribution is -2.10. The van der Waals surface area contributed by atoms with Gasteiger partial charge >= 0.3 is 5.82 Å². The summed E-state index contributed by atoms with van der Waals surface area (Å²) in [7, 11) is 1.81. The lowest BCUT2D eigenvalue weighted by Gasteiger charge is -2.07. The summed E-state index contributed by atoms with van der Waals surface area (Å²) in [5.74, 6) is 1.58. The number of rotatable bonds is 6. The molecule has 8 nitrogen and oxygen atoms in total. The first-order valence-corrected chi connectivity index (χ1v) is 9.23. The summed E-state index contributed by atoms with van der Waals surface area (Å²) in [6, 6.07) is 5.36. The van der Waals surface area contributed by atoms with E-state index >= 15 is 0 Å².